The van der Waals surface area contributed by atoms with E-state index in [1.807, 2.05) is 30.3 Å². The molecule has 1 amide bonds. The van der Waals surface area contributed by atoms with Gasteiger partial charge in [-0.05, 0) is 24.1 Å². The van der Waals surface area contributed by atoms with E-state index >= 15 is 0 Å². The minimum absolute atomic E-state index is 0.0187. The van der Waals surface area contributed by atoms with Crippen LogP contribution in [0.4, 0.5) is 0 Å². The van der Waals surface area contributed by atoms with Crippen LogP contribution < -0.4 is 0 Å². The monoisotopic (exact) mass is 254 g/mol. The summed E-state index contributed by atoms with van der Waals surface area (Å²) in [6.07, 6.45) is 2.60. The van der Waals surface area contributed by atoms with Crippen molar-refractivity contribution in [2.45, 2.75) is 12.8 Å². The normalized spacial score (nSPS) is 15.5. The fourth-order valence-electron chi connectivity index (χ4n) is 2.37. The topological polar surface area (TPSA) is 50.3 Å². The number of fused-ring (bicyclic) bond motifs is 1. The first-order valence-electron chi connectivity index (χ1n) is 6.35. The summed E-state index contributed by atoms with van der Waals surface area (Å²) in [5.74, 6) is -0.0332. The number of carbonyl (C=O) groups excluding carboxylic acids is 2. The summed E-state index contributed by atoms with van der Waals surface area (Å²) < 4.78 is 0. The zero-order valence-corrected chi connectivity index (χ0v) is 10.5. The lowest BCUT2D eigenvalue weighted by atomic mass is 10.1. The van der Waals surface area contributed by atoms with Gasteiger partial charge >= 0.3 is 0 Å². The van der Waals surface area contributed by atoms with E-state index in [4.69, 9.17) is 0 Å². The average Bonchev–Trinajstić information content (AvgIpc) is 2.74. The number of ketones is 1. The summed E-state index contributed by atoms with van der Waals surface area (Å²) in [6, 6.07) is 10.1. The first kappa shape index (κ1) is 11.8. The largest absolute Gasteiger partial charge is 0.335 e. The van der Waals surface area contributed by atoms with Gasteiger partial charge in [-0.3, -0.25) is 14.6 Å². The molecule has 1 saturated heterocycles. The first-order valence-corrected chi connectivity index (χ1v) is 6.35. The van der Waals surface area contributed by atoms with Crippen LogP contribution in [0.25, 0.3) is 10.9 Å². The van der Waals surface area contributed by atoms with Crippen LogP contribution >= 0.6 is 0 Å². The van der Waals surface area contributed by atoms with Gasteiger partial charge in [0, 0.05) is 18.1 Å². The van der Waals surface area contributed by atoms with Crippen molar-refractivity contribution in [1.82, 2.24) is 9.88 Å². The number of Topliss-reactive ketones (excluding diaryl/α,β-unsaturated/α-hetero) is 1. The molecule has 2 heterocycles. The summed E-state index contributed by atoms with van der Waals surface area (Å²) in [6.45, 7) is 0.869. The van der Waals surface area contributed by atoms with Gasteiger partial charge in [0.1, 0.15) is 0 Å². The molecule has 1 fully saturated rings. The van der Waals surface area contributed by atoms with E-state index in [-0.39, 0.29) is 24.7 Å². The third-order valence-electron chi connectivity index (χ3n) is 3.41. The quantitative estimate of drug-likeness (QED) is 0.781. The van der Waals surface area contributed by atoms with Gasteiger partial charge in [-0.15, -0.1) is 0 Å². The highest BCUT2D eigenvalue weighted by Gasteiger charge is 2.26. The van der Waals surface area contributed by atoms with Gasteiger partial charge in [-0.2, -0.15) is 0 Å². The van der Waals surface area contributed by atoms with E-state index in [1.54, 1.807) is 11.1 Å². The Bertz CT molecular complexity index is 651. The Morgan fingerprint density at radius 3 is 2.89 bits per heavy atom. The zero-order valence-electron chi connectivity index (χ0n) is 10.5. The highest BCUT2D eigenvalue weighted by Crippen LogP contribution is 2.15. The zero-order chi connectivity index (χ0) is 13.2. The van der Waals surface area contributed by atoms with Crippen LogP contribution in [0, 0.1) is 0 Å². The molecule has 3 rings (SSSR count). The molecule has 0 bridgehead atoms. The molecule has 0 unspecified atom stereocenters. The van der Waals surface area contributed by atoms with E-state index in [9.17, 15) is 9.59 Å². The standard InChI is InChI=1S/C15H14N2O2/c18-13-9-15(19)17(10-13)7-5-11-3-4-12-2-1-6-16-14(12)8-11/h1-4,6,8H,5,7,9-10H2. The lowest BCUT2D eigenvalue weighted by molar-refractivity contribution is -0.127. The Hall–Kier alpha value is -2.23. The van der Waals surface area contributed by atoms with Crippen LogP contribution in [0.15, 0.2) is 36.5 Å². The summed E-state index contributed by atoms with van der Waals surface area (Å²) in [5, 5.41) is 1.11. The van der Waals surface area contributed by atoms with Crippen LogP contribution in [0.3, 0.4) is 0 Å². The molecule has 96 valence electrons. The average molecular weight is 254 g/mol. The number of amides is 1. The predicted molar refractivity (Wildman–Crippen MR) is 71.7 cm³/mol. The molecular formula is C15H14N2O2. The summed E-state index contributed by atoms with van der Waals surface area (Å²) in [4.78, 5) is 28.6. The molecule has 0 radical (unpaired) electrons. The first-order chi connectivity index (χ1) is 9.22. The summed E-state index contributed by atoms with van der Waals surface area (Å²) >= 11 is 0. The Morgan fingerprint density at radius 1 is 1.21 bits per heavy atom. The van der Waals surface area contributed by atoms with Crippen molar-refractivity contribution < 1.29 is 9.59 Å². The second-order valence-corrected chi connectivity index (χ2v) is 4.81. The van der Waals surface area contributed by atoms with Crippen molar-refractivity contribution in [1.29, 1.82) is 0 Å². The molecule has 1 aromatic carbocycles. The number of likely N-dealkylation sites (tertiary alicyclic amines) is 1. The maximum Gasteiger partial charge on any atom is 0.230 e. The highest BCUT2D eigenvalue weighted by atomic mass is 16.2. The van der Waals surface area contributed by atoms with Crippen LogP contribution in [0.2, 0.25) is 0 Å². The van der Waals surface area contributed by atoms with E-state index in [0.29, 0.717) is 6.54 Å². The van der Waals surface area contributed by atoms with Gasteiger partial charge in [0.15, 0.2) is 5.78 Å². The third-order valence-corrected chi connectivity index (χ3v) is 3.41. The SMILES string of the molecule is O=C1CC(=O)N(CCc2ccc3cccnc3c2)C1. The Kier molecular flexibility index (Phi) is 2.99. The number of hydrogen-bond donors (Lipinski definition) is 0. The highest BCUT2D eigenvalue weighted by molar-refractivity contribution is 6.05. The Morgan fingerprint density at radius 2 is 2.11 bits per heavy atom. The van der Waals surface area contributed by atoms with E-state index in [1.165, 1.54) is 0 Å². The Balaban J connectivity index is 1.71. The van der Waals surface area contributed by atoms with Crippen LogP contribution in [0.1, 0.15) is 12.0 Å². The minimum atomic E-state index is -0.0519. The molecule has 1 aromatic heterocycles. The van der Waals surface area contributed by atoms with Crippen LogP contribution in [-0.4, -0.2) is 34.7 Å². The number of nitrogens with zero attached hydrogens (tertiary/aromatic N) is 2. The second-order valence-electron chi connectivity index (χ2n) is 4.81. The lowest BCUT2D eigenvalue weighted by Crippen LogP contribution is -2.27. The number of rotatable bonds is 3. The van der Waals surface area contributed by atoms with Gasteiger partial charge in [0.25, 0.3) is 0 Å². The van der Waals surface area contributed by atoms with Crippen molar-refractivity contribution in [3.05, 3.63) is 42.1 Å². The number of benzene rings is 1. The van der Waals surface area contributed by atoms with Crippen molar-refractivity contribution in [3.63, 3.8) is 0 Å². The van der Waals surface area contributed by atoms with E-state index in [0.717, 1.165) is 22.9 Å². The smallest absolute Gasteiger partial charge is 0.230 e. The van der Waals surface area contributed by atoms with Gasteiger partial charge in [0.2, 0.25) is 5.91 Å². The van der Waals surface area contributed by atoms with Crippen LogP contribution in [-0.2, 0) is 16.0 Å². The molecule has 0 aliphatic carbocycles. The van der Waals surface area contributed by atoms with Crippen molar-refractivity contribution in [2.75, 3.05) is 13.1 Å². The molecule has 0 N–H and O–H groups in total. The summed E-state index contributed by atoms with van der Waals surface area (Å²) in [7, 11) is 0. The lowest BCUT2D eigenvalue weighted by Gasteiger charge is -2.14. The minimum Gasteiger partial charge on any atom is -0.335 e. The molecule has 2 aromatic rings. The molecule has 1 aliphatic heterocycles. The molecule has 19 heavy (non-hydrogen) atoms. The molecule has 0 spiro atoms. The van der Waals surface area contributed by atoms with E-state index < -0.39 is 0 Å². The third kappa shape index (κ3) is 2.47. The number of pyridine rings is 1. The van der Waals surface area contributed by atoms with Crippen molar-refractivity contribution in [2.24, 2.45) is 0 Å². The number of carbonyl (C=O) groups is 2. The van der Waals surface area contributed by atoms with Gasteiger partial charge in [-0.1, -0.05) is 18.2 Å². The van der Waals surface area contributed by atoms with Crippen molar-refractivity contribution >= 4 is 22.6 Å². The van der Waals surface area contributed by atoms with E-state index in [2.05, 4.69) is 4.98 Å². The Labute approximate surface area is 111 Å². The predicted octanol–water partition coefficient (Wildman–Crippen LogP) is 1.58. The fraction of sp³-hybridized carbons (Fsp3) is 0.267. The molecular weight excluding hydrogens is 240 g/mol. The van der Waals surface area contributed by atoms with Gasteiger partial charge in [0.05, 0.1) is 18.5 Å². The molecule has 4 nitrogen and oxygen atoms in total. The molecule has 0 saturated carbocycles. The molecule has 1 aliphatic rings. The molecule has 4 heteroatoms. The maximum atomic E-state index is 11.5. The number of hydrogen-bond acceptors (Lipinski definition) is 3. The van der Waals surface area contributed by atoms with Crippen molar-refractivity contribution in [3.8, 4) is 0 Å². The van der Waals surface area contributed by atoms with Crippen LogP contribution in [0.5, 0.6) is 0 Å². The van der Waals surface area contributed by atoms with Gasteiger partial charge in [-0.25, -0.2) is 0 Å². The number of aromatic nitrogens is 1. The fourth-order valence-corrected chi connectivity index (χ4v) is 2.37. The van der Waals surface area contributed by atoms with Gasteiger partial charge < -0.3 is 4.90 Å². The maximum absolute atomic E-state index is 11.5. The second kappa shape index (κ2) is 4.80. The summed E-state index contributed by atoms with van der Waals surface area (Å²) in [5.41, 5.74) is 2.10. The molecule has 0 atom stereocenters.